The van der Waals surface area contributed by atoms with Crippen LogP contribution in [0.4, 0.5) is 9.93 Å². The van der Waals surface area contributed by atoms with Crippen LogP contribution in [0.1, 0.15) is 11.8 Å². The van der Waals surface area contributed by atoms with Crippen LogP contribution < -0.4 is 16.4 Å². The molecule has 2 rings (SSSR count). The zero-order valence-corrected chi connectivity index (χ0v) is 14.6. The minimum absolute atomic E-state index is 0.336. The number of ether oxygens (including phenoxy) is 1. The van der Waals surface area contributed by atoms with Gasteiger partial charge in [0.15, 0.2) is 11.1 Å². The van der Waals surface area contributed by atoms with Crippen molar-refractivity contribution in [1.82, 2.24) is 10.3 Å². The zero-order chi connectivity index (χ0) is 16.7. The number of alkyl carbamates (subject to hydrolysis) is 1. The fraction of sp³-hybridized carbons (Fsp3) is 0.357. The van der Waals surface area contributed by atoms with Gasteiger partial charge in [-0.05, 0) is 25.5 Å². The van der Waals surface area contributed by atoms with E-state index in [1.54, 1.807) is 25.3 Å². The maximum Gasteiger partial charge on any atom is 0.407 e. The number of carbonyl (C=O) groups is 1. The van der Waals surface area contributed by atoms with Crippen LogP contribution in [0.2, 0.25) is 0 Å². The smallest absolute Gasteiger partial charge is 0.407 e. The molecule has 4 N–H and O–H groups in total. The van der Waals surface area contributed by atoms with Gasteiger partial charge in [0.05, 0.1) is 17.2 Å². The fourth-order valence-electron chi connectivity index (χ4n) is 1.73. The van der Waals surface area contributed by atoms with Crippen molar-refractivity contribution in [2.24, 2.45) is 10.7 Å². The lowest BCUT2D eigenvalue weighted by Gasteiger charge is -2.03. The topological polar surface area (TPSA) is 102 Å². The van der Waals surface area contributed by atoms with E-state index in [9.17, 15) is 4.79 Å². The number of guanidine groups is 1. The molecule has 0 radical (unpaired) electrons. The van der Waals surface area contributed by atoms with Gasteiger partial charge in [-0.25, -0.2) is 9.78 Å². The number of aliphatic imine (C=N–C) groups is 1. The first-order chi connectivity index (χ1) is 11.1. The van der Waals surface area contributed by atoms with Gasteiger partial charge in [-0.15, -0.1) is 22.7 Å². The highest BCUT2D eigenvalue weighted by Crippen LogP contribution is 2.30. The van der Waals surface area contributed by atoms with Gasteiger partial charge in [-0.2, -0.15) is 0 Å². The lowest BCUT2D eigenvalue weighted by molar-refractivity contribution is 0.152. The normalized spacial score (nSPS) is 11.3. The third kappa shape index (κ3) is 5.22. The number of nitrogens with zero attached hydrogens (tertiary/aromatic N) is 2. The van der Waals surface area contributed by atoms with Gasteiger partial charge in [0.2, 0.25) is 0 Å². The van der Waals surface area contributed by atoms with Crippen molar-refractivity contribution in [2.75, 3.05) is 25.5 Å². The van der Waals surface area contributed by atoms with Gasteiger partial charge in [0.25, 0.3) is 0 Å². The molecule has 0 aliphatic carbocycles. The van der Waals surface area contributed by atoms with Crippen molar-refractivity contribution in [3.05, 3.63) is 22.4 Å². The minimum atomic E-state index is -0.380. The molecule has 7 nitrogen and oxygen atoms in total. The molecule has 0 spiro atoms. The predicted molar refractivity (Wildman–Crippen MR) is 95.3 cm³/mol. The summed E-state index contributed by atoms with van der Waals surface area (Å²) >= 11 is 3.13. The Bertz CT molecular complexity index is 680. The maximum absolute atomic E-state index is 11.2. The van der Waals surface area contributed by atoms with Crippen LogP contribution in [-0.2, 0) is 11.2 Å². The van der Waals surface area contributed by atoms with Gasteiger partial charge in [-0.1, -0.05) is 0 Å². The van der Waals surface area contributed by atoms with Crippen LogP contribution in [-0.4, -0.2) is 37.2 Å². The number of hydrogen-bond acceptors (Lipinski definition) is 6. The van der Waals surface area contributed by atoms with Crippen LogP contribution in [0.15, 0.2) is 22.5 Å². The average Bonchev–Trinajstić information content (AvgIpc) is 3.16. The second kappa shape index (κ2) is 8.49. The molecule has 0 saturated carbocycles. The standard InChI is InChI=1S/C14H19N5O2S2/c1-3-21-14(20)17-7-6-9-4-5-11(23-9)10-8-22-13(18-10)19-12(15)16-2/h4-5,8H,3,6-7H2,1-2H3,(H,17,20)(H3,15,16,18,19). The number of carbonyl (C=O) groups excluding carboxylic acids is 1. The van der Waals surface area contributed by atoms with Crippen molar-refractivity contribution in [2.45, 2.75) is 13.3 Å². The number of rotatable bonds is 6. The van der Waals surface area contributed by atoms with E-state index in [4.69, 9.17) is 10.5 Å². The Morgan fingerprint density at radius 2 is 2.30 bits per heavy atom. The maximum atomic E-state index is 11.2. The van der Waals surface area contributed by atoms with Gasteiger partial charge in [-0.3, -0.25) is 4.99 Å². The molecule has 0 aliphatic heterocycles. The zero-order valence-electron chi connectivity index (χ0n) is 13.0. The molecule has 0 aromatic carbocycles. The highest BCUT2D eigenvalue weighted by molar-refractivity contribution is 7.17. The van der Waals surface area contributed by atoms with Gasteiger partial charge < -0.3 is 21.1 Å². The first-order valence-corrected chi connectivity index (χ1v) is 8.76. The second-order valence-corrected chi connectivity index (χ2v) is 6.46. The Balaban J connectivity index is 1.90. The van der Waals surface area contributed by atoms with Crippen LogP contribution in [0, 0.1) is 0 Å². The quantitative estimate of drug-likeness (QED) is 0.547. The lowest BCUT2D eigenvalue weighted by atomic mass is 10.3. The van der Waals surface area contributed by atoms with Crippen molar-refractivity contribution in [3.8, 4) is 10.6 Å². The summed E-state index contributed by atoms with van der Waals surface area (Å²) in [5.74, 6) is 0.336. The van der Waals surface area contributed by atoms with E-state index < -0.39 is 0 Å². The molecule has 0 bridgehead atoms. The Hall–Kier alpha value is -2.13. The first-order valence-electron chi connectivity index (χ1n) is 7.07. The largest absolute Gasteiger partial charge is 0.450 e. The first kappa shape index (κ1) is 17.2. The molecule has 0 atom stereocenters. The minimum Gasteiger partial charge on any atom is -0.450 e. The number of nitrogens with one attached hydrogen (secondary N) is 2. The summed E-state index contributed by atoms with van der Waals surface area (Å²) in [6, 6.07) is 4.07. The highest BCUT2D eigenvalue weighted by Gasteiger charge is 2.09. The Kier molecular flexibility index (Phi) is 6.36. The third-order valence-electron chi connectivity index (χ3n) is 2.81. The van der Waals surface area contributed by atoms with E-state index in [1.165, 1.54) is 16.2 Å². The SMILES string of the molecule is CCOC(=O)NCCc1ccc(-c2csc(NC(N)=NC)n2)s1. The van der Waals surface area contributed by atoms with E-state index in [0.717, 1.165) is 17.0 Å². The number of nitrogens with two attached hydrogens (primary N) is 1. The third-order valence-corrected chi connectivity index (χ3v) is 4.74. The number of hydrogen-bond donors (Lipinski definition) is 3. The molecule has 9 heteroatoms. The summed E-state index contributed by atoms with van der Waals surface area (Å²) in [7, 11) is 1.62. The van der Waals surface area contributed by atoms with E-state index in [1.807, 2.05) is 17.5 Å². The van der Waals surface area contributed by atoms with Crippen LogP contribution in [0.5, 0.6) is 0 Å². The van der Waals surface area contributed by atoms with Crippen molar-refractivity contribution in [3.63, 3.8) is 0 Å². The number of amides is 1. The molecule has 0 fully saturated rings. The number of anilines is 1. The fourth-order valence-corrected chi connectivity index (χ4v) is 3.49. The molecule has 2 heterocycles. The summed E-state index contributed by atoms with van der Waals surface area (Å²) in [6.45, 7) is 2.71. The number of thiophene rings is 1. The molecule has 124 valence electrons. The van der Waals surface area contributed by atoms with Crippen molar-refractivity contribution >= 4 is 39.9 Å². The van der Waals surface area contributed by atoms with Gasteiger partial charge in [0.1, 0.15) is 0 Å². The Labute approximate surface area is 142 Å². The molecular formula is C14H19N5O2S2. The molecule has 1 amide bonds. The summed E-state index contributed by atoms with van der Waals surface area (Å²) in [5.41, 5.74) is 6.52. The van der Waals surface area contributed by atoms with Gasteiger partial charge >= 0.3 is 6.09 Å². The van der Waals surface area contributed by atoms with Crippen molar-refractivity contribution < 1.29 is 9.53 Å². The van der Waals surface area contributed by atoms with E-state index in [2.05, 4.69) is 20.6 Å². The average molecular weight is 353 g/mol. The Morgan fingerprint density at radius 1 is 1.48 bits per heavy atom. The molecule has 2 aromatic heterocycles. The van der Waals surface area contributed by atoms with E-state index in [0.29, 0.717) is 24.2 Å². The molecule has 2 aromatic rings. The summed E-state index contributed by atoms with van der Waals surface area (Å²) in [6.07, 6.45) is 0.378. The number of thiazole rings is 1. The summed E-state index contributed by atoms with van der Waals surface area (Å²) < 4.78 is 4.82. The molecule has 23 heavy (non-hydrogen) atoms. The van der Waals surface area contributed by atoms with Crippen molar-refractivity contribution in [1.29, 1.82) is 0 Å². The molecular weight excluding hydrogens is 334 g/mol. The Morgan fingerprint density at radius 3 is 3.04 bits per heavy atom. The summed E-state index contributed by atoms with van der Waals surface area (Å²) in [5, 5.41) is 8.31. The molecule has 0 saturated heterocycles. The van der Waals surface area contributed by atoms with Crippen LogP contribution in [0.25, 0.3) is 10.6 Å². The van der Waals surface area contributed by atoms with Crippen LogP contribution in [0.3, 0.4) is 0 Å². The monoisotopic (exact) mass is 353 g/mol. The summed E-state index contributed by atoms with van der Waals surface area (Å²) in [4.78, 5) is 21.8. The molecule has 0 aliphatic rings. The lowest BCUT2D eigenvalue weighted by Crippen LogP contribution is -2.26. The second-order valence-electron chi connectivity index (χ2n) is 4.43. The van der Waals surface area contributed by atoms with Gasteiger partial charge in [0, 0.05) is 23.8 Å². The predicted octanol–water partition coefficient (Wildman–Crippen LogP) is 2.52. The highest BCUT2D eigenvalue weighted by atomic mass is 32.1. The van der Waals surface area contributed by atoms with E-state index in [-0.39, 0.29) is 6.09 Å². The van der Waals surface area contributed by atoms with E-state index >= 15 is 0 Å². The molecule has 0 unspecified atom stereocenters. The van der Waals surface area contributed by atoms with Crippen LogP contribution >= 0.6 is 22.7 Å². The number of aromatic nitrogens is 1.